The highest BCUT2D eigenvalue weighted by atomic mass is 35.5. The number of aliphatic hydroxyl groups excluding tert-OH is 1. The molecule has 0 spiro atoms. The van der Waals surface area contributed by atoms with E-state index in [4.69, 9.17) is 11.6 Å². The van der Waals surface area contributed by atoms with Gasteiger partial charge in [0.1, 0.15) is 6.04 Å². The van der Waals surface area contributed by atoms with Crippen molar-refractivity contribution in [2.24, 2.45) is 0 Å². The molecule has 1 fully saturated rings. The number of likely N-dealkylation sites (tertiary alicyclic amines) is 1. The predicted octanol–water partition coefficient (Wildman–Crippen LogP) is 1.15. The number of hydrogen-bond donors (Lipinski definition) is 1. The van der Waals surface area contributed by atoms with E-state index in [-0.39, 0.29) is 18.9 Å². The molecular formula is C11H12ClNO4S. The molecule has 0 bridgehead atoms. The van der Waals surface area contributed by atoms with E-state index in [2.05, 4.69) is 4.74 Å². The van der Waals surface area contributed by atoms with E-state index in [1.807, 2.05) is 0 Å². The molecule has 0 aromatic carbocycles. The van der Waals surface area contributed by atoms with Gasteiger partial charge in [-0.3, -0.25) is 4.79 Å². The summed E-state index contributed by atoms with van der Waals surface area (Å²) in [5, 5.41) is 9.59. The monoisotopic (exact) mass is 289 g/mol. The number of amides is 1. The zero-order valence-electron chi connectivity index (χ0n) is 9.63. The molecule has 1 aliphatic rings. The molecule has 0 radical (unpaired) electrons. The summed E-state index contributed by atoms with van der Waals surface area (Å²) in [6.07, 6.45) is -0.495. The van der Waals surface area contributed by atoms with Crippen molar-refractivity contribution < 1.29 is 19.4 Å². The summed E-state index contributed by atoms with van der Waals surface area (Å²) >= 11 is 6.92. The van der Waals surface area contributed by atoms with Gasteiger partial charge < -0.3 is 14.7 Å². The van der Waals surface area contributed by atoms with Crippen LogP contribution in [0.15, 0.2) is 12.1 Å². The summed E-state index contributed by atoms with van der Waals surface area (Å²) in [5.41, 5.74) is 0. The molecule has 2 atom stereocenters. The smallest absolute Gasteiger partial charge is 0.328 e. The number of hydrogen-bond acceptors (Lipinski definition) is 5. The quantitative estimate of drug-likeness (QED) is 0.830. The second-order valence-electron chi connectivity index (χ2n) is 3.99. The zero-order chi connectivity index (χ0) is 13.3. The number of ether oxygens (including phenoxy) is 1. The third-order valence-electron chi connectivity index (χ3n) is 2.80. The van der Waals surface area contributed by atoms with Crippen molar-refractivity contribution in [2.45, 2.75) is 18.6 Å². The van der Waals surface area contributed by atoms with Gasteiger partial charge in [-0.15, -0.1) is 11.3 Å². The highest BCUT2D eigenvalue weighted by Gasteiger charge is 2.40. The molecule has 2 heterocycles. The number of carbonyl (C=O) groups excluding carboxylic acids is 2. The second kappa shape index (κ2) is 5.26. The molecule has 1 amide bonds. The molecule has 18 heavy (non-hydrogen) atoms. The van der Waals surface area contributed by atoms with E-state index in [1.165, 1.54) is 12.0 Å². The number of thiophene rings is 1. The highest BCUT2D eigenvalue weighted by Crippen LogP contribution is 2.27. The first-order chi connectivity index (χ1) is 8.52. The average Bonchev–Trinajstić information content (AvgIpc) is 2.93. The third-order valence-corrected chi connectivity index (χ3v) is 4.02. The van der Waals surface area contributed by atoms with Gasteiger partial charge >= 0.3 is 5.97 Å². The number of esters is 1. The normalized spacial score (nSPS) is 23.2. The Balaban J connectivity index is 2.20. The van der Waals surface area contributed by atoms with Gasteiger partial charge in [0.2, 0.25) is 0 Å². The molecule has 98 valence electrons. The molecule has 1 aromatic rings. The van der Waals surface area contributed by atoms with Crippen molar-refractivity contribution in [3.8, 4) is 0 Å². The van der Waals surface area contributed by atoms with Gasteiger partial charge in [-0.05, 0) is 12.1 Å². The van der Waals surface area contributed by atoms with Gasteiger partial charge in [-0.25, -0.2) is 4.79 Å². The van der Waals surface area contributed by atoms with Gasteiger partial charge in [0.15, 0.2) is 0 Å². The Kier molecular flexibility index (Phi) is 3.89. The maximum atomic E-state index is 12.2. The lowest BCUT2D eigenvalue weighted by molar-refractivity contribution is -0.145. The standard InChI is InChI=1S/C11H12ClNO4S/c1-17-11(16)7-4-6(14)5-13(7)10(15)8-2-3-9(12)18-8/h2-3,6-7,14H,4-5H2,1H3. The maximum Gasteiger partial charge on any atom is 0.328 e. The lowest BCUT2D eigenvalue weighted by Crippen LogP contribution is -2.40. The van der Waals surface area contributed by atoms with E-state index < -0.39 is 18.1 Å². The lowest BCUT2D eigenvalue weighted by atomic mass is 10.2. The minimum Gasteiger partial charge on any atom is -0.467 e. The van der Waals surface area contributed by atoms with Crippen molar-refractivity contribution in [1.82, 2.24) is 4.90 Å². The molecule has 7 heteroatoms. The zero-order valence-corrected chi connectivity index (χ0v) is 11.2. The Bertz CT molecular complexity index is 475. The topological polar surface area (TPSA) is 66.8 Å². The first-order valence-electron chi connectivity index (χ1n) is 5.35. The fraction of sp³-hybridized carbons (Fsp3) is 0.455. The van der Waals surface area contributed by atoms with Crippen LogP contribution in [0.25, 0.3) is 0 Å². The van der Waals surface area contributed by atoms with E-state index in [0.29, 0.717) is 9.21 Å². The van der Waals surface area contributed by atoms with Crippen molar-refractivity contribution in [1.29, 1.82) is 0 Å². The van der Waals surface area contributed by atoms with Crippen LogP contribution in [0, 0.1) is 0 Å². The SMILES string of the molecule is COC(=O)C1CC(O)CN1C(=O)c1ccc(Cl)s1. The lowest BCUT2D eigenvalue weighted by Gasteiger charge is -2.21. The first kappa shape index (κ1) is 13.3. The molecule has 1 saturated heterocycles. The Morgan fingerprint density at radius 2 is 2.28 bits per heavy atom. The largest absolute Gasteiger partial charge is 0.467 e. The summed E-state index contributed by atoms with van der Waals surface area (Å²) < 4.78 is 5.14. The van der Waals surface area contributed by atoms with Crippen LogP contribution in [0.2, 0.25) is 4.34 Å². The average molecular weight is 290 g/mol. The van der Waals surface area contributed by atoms with Gasteiger partial charge in [-0.1, -0.05) is 11.6 Å². The molecule has 5 nitrogen and oxygen atoms in total. The summed E-state index contributed by atoms with van der Waals surface area (Å²) in [6.45, 7) is 0.133. The number of methoxy groups -OCH3 is 1. The van der Waals surface area contributed by atoms with Gasteiger partial charge in [-0.2, -0.15) is 0 Å². The molecule has 0 aliphatic carbocycles. The predicted molar refractivity (Wildman–Crippen MR) is 66.8 cm³/mol. The van der Waals surface area contributed by atoms with Gasteiger partial charge in [0.25, 0.3) is 5.91 Å². The number of carbonyl (C=O) groups is 2. The van der Waals surface area contributed by atoms with Crippen LogP contribution in [0.5, 0.6) is 0 Å². The molecule has 1 aromatic heterocycles. The Morgan fingerprint density at radius 1 is 1.56 bits per heavy atom. The molecule has 2 unspecified atom stereocenters. The second-order valence-corrected chi connectivity index (χ2v) is 5.70. The number of nitrogens with zero attached hydrogens (tertiary/aromatic N) is 1. The Morgan fingerprint density at radius 3 is 2.83 bits per heavy atom. The fourth-order valence-electron chi connectivity index (χ4n) is 1.97. The fourth-order valence-corrected chi connectivity index (χ4v) is 2.97. The van der Waals surface area contributed by atoms with Crippen LogP contribution < -0.4 is 0 Å². The Labute approximate surface area is 113 Å². The van der Waals surface area contributed by atoms with Crippen molar-refractivity contribution >= 4 is 34.8 Å². The number of rotatable bonds is 2. The van der Waals surface area contributed by atoms with E-state index in [1.54, 1.807) is 12.1 Å². The molecule has 1 aliphatic heterocycles. The summed E-state index contributed by atoms with van der Waals surface area (Å²) in [4.78, 5) is 25.5. The summed E-state index contributed by atoms with van der Waals surface area (Å²) in [7, 11) is 1.26. The Hall–Kier alpha value is -1.11. The van der Waals surface area contributed by atoms with Crippen molar-refractivity contribution in [3.63, 3.8) is 0 Å². The van der Waals surface area contributed by atoms with E-state index in [0.717, 1.165) is 11.3 Å². The number of aliphatic hydroxyl groups is 1. The first-order valence-corrected chi connectivity index (χ1v) is 6.54. The maximum absolute atomic E-state index is 12.2. The highest BCUT2D eigenvalue weighted by molar-refractivity contribution is 7.17. The molecule has 2 rings (SSSR count). The number of β-amino-alcohol motifs (C(OH)–C–C–N with tert-alkyl or cyclic N) is 1. The van der Waals surface area contributed by atoms with Crippen LogP contribution in [0.4, 0.5) is 0 Å². The summed E-state index contributed by atoms with van der Waals surface area (Å²) in [6, 6.07) is 2.51. The van der Waals surface area contributed by atoms with Crippen molar-refractivity contribution in [2.75, 3.05) is 13.7 Å². The van der Waals surface area contributed by atoms with Gasteiger partial charge in [0, 0.05) is 13.0 Å². The number of halogens is 1. The van der Waals surface area contributed by atoms with Crippen LogP contribution in [0.3, 0.4) is 0 Å². The van der Waals surface area contributed by atoms with Gasteiger partial charge in [0.05, 0.1) is 22.4 Å². The van der Waals surface area contributed by atoms with Crippen LogP contribution >= 0.6 is 22.9 Å². The van der Waals surface area contributed by atoms with Crippen molar-refractivity contribution in [3.05, 3.63) is 21.3 Å². The minimum atomic E-state index is -0.724. The summed E-state index contributed by atoms with van der Waals surface area (Å²) in [5.74, 6) is -0.818. The van der Waals surface area contributed by atoms with E-state index >= 15 is 0 Å². The van der Waals surface area contributed by atoms with E-state index in [9.17, 15) is 14.7 Å². The van der Waals surface area contributed by atoms with Crippen LogP contribution in [-0.4, -0.2) is 47.7 Å². The third kappa shape index (κ3) is 2.50. The minimum absolute atomic E-state index is 0.133. The van der Waals surface area contributed by atoms with Crippen LogP contribution in [-0.2, 0) is 9.53 Å². The molecule has 1 N–H and O–H groups in total. The van der Waals surface area contributed by atoms with Crippen LogP contribution in [0.1, 0.15) is 16.1 Å². The molecular weight excluding hydrogens is 278 g/mol. The molecule has 0 saturated carbocycles.